The summed E-state index contributed by atoms with van der Waals surface area (Å²) >= 11 is 0. The molecule has 0 amide bonds. The van der Waals surface area contributed by atoms with Crippen LogP contribution in [0.4, 0.5) is 0 Å². The van der Waals surface area contributed by atoms with Crippen LogP contribution in [0, 0.1) is 5.92 Å². The Bertz CT molecular complexity index is 952. The number of carbonyl (C=O) groups is 1. The Kier molecular flexibility index (Phi) is 7.45. The second-order valence-corrected chi connectivity index (χ2v) is 11.0. The number of rotatable bonds is 9. The number of nitrogens with zero attached hydrogens (tertiary/aromatic N) is 2. The average Bonchev–Trinajstić information content (AvgIpc) is 2.93. The number of quaternary nitrogens is 1. The molecule has 0 aromatic heterocycles. The van der Waals surface area contributed by atoms with Crippen molar-refractivity contribution in [2.24, 2.45) is 5.92 Å². The molecule has 4 aliphatic rings. The first kappa shape index (κ1) is 24.3. The standard InChI is InChI=1S/C30H41N2O3/c1-30(26-12-5-2-6-13-26,31-18-9-4-10-19-31)29(33)35-28-24-32(21-16-25(28)17-22-32)20-11-23-34-27-14-7-3-8-15-27/h2-3,5-8,12-15,25,28H,4,9-11,16-24H2,1H3/q+1/t25?,28-,30+,32?/m0/s1. The fourth-order valence-electron chi connectivity index (χ4n) is 6.56. The summed E-state index contributed by atoms with van der Waals surface area (Å²) in [7, 11) is 0. The van der Waals surface area contributed by atoms with Gasteiger partial charge < -0.3 is 14.0 Å². The Morgan fingerprint density at radius 1 is 0.971 bits per heavy atom. The molecular weight excluding hydrogens is 436 g/mol. The molecule has 0 unspecified atom stereocenters. The van der Waals surface area contributed by atoms with Gasteiger partial charge in [0.05, 0.1) is 26.2 Å². The molecule has 5 nitrogen and oxygen atoms in total. The van der Waals surface area contributed by atoms with Crippen molar-refractivity contribution < 1.29 is 18.8 Å². The summed E-state index contributed by atoms with van der Waals surface area (Å²) in [5.41, 5.74) is 0.331. The van der Waals surface area contributed by atoms with Crippen LogP contribution in [0.15, 0.2) is 60.7 Å². The molecule has 2 atom stereocenters. The van der Waals surface area contributed by atoms with Crippen LogP contribution in [0.2, 0.25) is 0 Å². The minimum absolute atomic E-state index is 0.0212. The molecule has 2 aromatic rings. The predicted molar refractivity (Wildman–Crippen MR) is 138 cm³/mol. The zero-order valence-corrected chi connectivity index (χ0v) is 21.2. The molecule has 4 saturated heterocycles. The van der Waals surface area contributed by atoms with Gasteiger partial charge in [0.25, 0.3) is 0 Å². The number of hydrogen-bond donors (Lipinski definition) is 0. The monoisotopic (exact) mass is 477 g/mol. The van der Waals surface area contributed by atoms with E-state index >= 15 is 0 Å². The third-order valence-corrected chi connectivity index (χ3v) is 8.81. The van der Waals surface area contributed by atoms with E-state index in [0.29, 0.717) is 5.92 Å². The second kappa shape index (κ2) is 10.7. The van der Waals surface area contributed by atoms with E-state index in [1.165, 1.54) is 19.5 Å². The lowest BCUT2D eigenvalue weighted by atomic mass is 9.82. The number of para-hydroxylation sites is 1. The molecule has 2 bridgehead atoms. The Balaban J connectivity index is 1.24. The molecule has 4 aliphatic heterocycles. The summed E-state index contributed by atoms with van der Waals surface area (Å²) in [6, 6.07) is 20.3. The van der Waals surface area contributed by atoms with E-state index in [4.69, 9.17) is 9.47 Å². The van der Waals surface area contributed by atoms with Gasteiger partial charge in [-0.05, 0) is 50.6 Å². The van der Waals surface area contributed by atoms with Gasteiger partial charge in [-0.3, -0.25) is 4.90 Å². The van der Waals surface area contributed by atoms with Crippen molar-refractivity contribution in [1.29, 1.82) is 0 Å². The molecule has 0 N–H and O–H groups in total. The number of likely N-dealkylation sites (tertiary alicyclic amines) is 1. The molecule has 6 rings (SSSR count). The molecule has 0 radical (unpaired) electrons. The van der Waals surface area contributed by atoms with Gasteiger partial charge >= 0.3 is 5.97 Å². The van der Waals surface area contributed by atoms with Crippen molar-refractivity contribution in [2.45, 2.75) is 57.1 Å². The zero-order chi connectivity index (χ0) is 24.1. The maximum absolute atomic E-state index is 13.9. The Morgan fingerprint density at radius 2 is 1.63 bits per heavy atom. The summed E-state index contributed by atoms with van der Waals surface area (Å²) in [6.07, 6.45) is 6.89. The number of fused-ring (bicyclic) bond motifs is 3. The maximum atomic E-state index is 13.9. The summed E-state index contributed by atoms with van der Waals surface area (Å²) in [6.45, 7) is 9.17. The molecule has 4 fully saturated rings. The summed E-state index contributed by atoms with van der Waals surface area (Å²) in [4.78, 5) is 16.3. The van der Waals surface area contributed by atoms with Gasteiger partial charge in [-0.1, -0.05) is 55.0 Å². The average molecular weight is 478 g/mol. The first-order chi connectivity index (χ1) is 17.1. The minimum Gasteiger partial charge on any atom is -0.493 e. The fourth-order valence-corrected chi connectivity index (χ4v) is 6.56. The van der Waals surface area contributed by atoms with Gasteiger partial charge in [-0.15, -0.1) is 0 Å². The van der Waals surface area contributed by atoms with Crippen molar-refractivity contribution in [1.82, 2.24) is 4.90 Å². The lowest BCUT2D eigenvalue weighted by Crippen LogP contribution is -2.65. The van der Waals surface area contributed by atoms with E-state index < -0.39 is 5.54 Å². The summed E-state index contributed by atoms with van der Waals surface area (Å²) in [5.74, 6) is 1.38. The number of ether oxygens (including phenoxy) is 2. The van der Waals surface area contributed by atoms with Crippen molar-refractivity contribution in [3.05, 3.63) is 66.2 Å². The highest BCUT2D eigenvalue weighted by atomic mass is 16.5. The van der Waals surface area contributed by atoms with Crippen molar-refractivity contribution in [3.63, 3.8) is 0 Å². The first-order valence-electron chi connectivity index (χ1n) is 13.6. The second-order valence-electron chi connectivity index (χ2n) is 11.0. The summed E-state index contributed by atoms with van der Waals surface area (Å²) in [5, 5.41) is 0. The quantitative estimate of drug-likeness (QED) is 0.289. The number of benzene rings is 2. The molecule has 188 valence electrons. The highest BCUT2D eigenvalue weighted by molar-refractivity contribution is 5.82. The van der Waals surface area contributed by atoms with E-state index in [2.05, 4.69) is 24.0 Å². The highest BCUT2D eigenvalue weighted by Crippen LogP contribution is 2.38. The van der Waals surface area contributed by atoms with Gasteiger partial charge in [0, 0.05) is 25.2 Å². The smallest absolute Gasteiger partial charge is 0.331 e. The van der Waals surface area contributed by atoms with E-state index in [0.717, 1.165) is 80.7 Å². The molecule has 5 heteroatoms. The molecule has 2 aromatic carbocycles. The topological polar surface area (TPSA) is 38.8 Å². The van der Waals surface area contributed by atoms with Gasteiger partial charge in [0.1, 0.15) is 17.8 Å². The maximum Gasteiger partial charge on any atom is 0.331 e. The van der Waals surface area contributed by atoms with Crippen LogP contribution in [0.1, 0.15) is 51.0 Å². The van der Waals surface area contributed by atoms with Gasteiger partial charge in [-0.2, -0.15) is 0 Å². The van der Waals surface area contributed by atoms with Crippen LogP contribution in [-0.2, 0) is 15.1 Å². The van der Waals surface area contributed by atoms with Crippen molar-refractivity contribution >= 4 is 5.97 Å². The number of hydrogen-bond acceptors (Lipinski definition) is 4. The minimum atomic E-state index is -0.720. The normalized spacial score (nSPS) is 28.3. The van der Waals surface area contributed by atoms with E-state index in [9.17, 15) is 4.79 Å². The lowest BCUT2D eigenvalue weighted by molar-refractivity contribution is -0.946. The van der Waals surface area contributed by atoms with E-state index in [1.54, 1.807) is 0 Å². The third-order valence-electron chi connectivity index (χ3n) is 8.81. The first-order valence-corrected chi connectivity index (χ1v) is 13.6. The molecule has 4 heterocycles. The SMILES string of the molecule is C[C@](C(=O)O[C@H]1C[N+]2(CCCOc3ccccc3)CCC1CC2)(c1ccccc1)N1CCCCC1. The third kappa shape index (κ3) is 5.26. The Morgan fingerprint density at radius 3 is 2.31 bits per heavy atom. The van der Waals surface area contributed by atoms with Crippen LogP contribution in [0.25, 0.3) is 0 Å². The lowest BCUT2D eigenvalue weighted by Gasteiger charge is -2.52. The number of piperidine rings is 4. The van der Waals surface area contributed by atoms with Crippen LogP contribution in [0.5, 0.6) is 5.75 Å². The summed E-state index contributed by atoms with van der Waals surface area (Å²) < 4.78 is 13.5. The molecule has 0 aliphatic carbocycles. The zero-order valence-electron chi connectivity index (χ0n) is 21.2. The Labute approximate surface area is 210 Å². The highest BCUT2D eigenvalue weighted by Gasteiger charge is 2.50. The number of esters is 1. The molecule has 35 heavy (non-hydrogen) atoms. The molecule has 0 saturated carbocycles. The van der Waals surface area contributed by atoms with E-state index in [1.807, 2.05) is 48.5 Å². The van der Waals surface area contributed by atoms with Crippen LogP contribution in [0.3, 0.4) is 0 Å². The van der Waals surface area contributed by atoms with Crippen LogP contribution >= 0.6 is 0 Å². The van der Waals surface area contributed by atoms with Gasteiger partial charge in [0.2, 0.25) is 0 Å². The predicted octanol–water partition coefficient (Wildman–Crippen LogP) is 5.01. The Hall–Kier alpha value is -2.37. The van der Waals surface area contributed by atoms with Gasteiger partial charge in [0.15, 0.2) is 6.10 Å². The fraction of sp³-hybridized carbons (Fsp3) is 0.567. The number of carbonyl (C=O) groups excluding carboxylic acids is 1. The van der Waals surface area contributed by atoms with Crippen LogP contribution in [-0.4, -0.2) is 67.3 Å². The van der Waals surface area contributed by atoms with Gasteiger partial charge in [-0.25, -0.2) is 4.79 Å². The van der Waals surface area contributed by atoms with Crippen molar-refractivity contribution in [3.8, 4) is 5.75 Å². The molecule has 0 spiro atoms. The molecular formula is C30H41N2O3+. The van der Waals surface area contributed by atoms with Crippen molar-refractivity contribution in [2.75, 3.05) is 45.9 Å². The van der Waals surface area contributed by atoms with Crippen LogP contribution < -0.4 is 4.74 Å². The largest absolute Gasteiger partial charge is 0.493 e. The van der Waals surface area contributed by atoms with E-state index in [-0.39, 0.29) is 12.1 Å².